The van der Waals surface area contributed by atoms with E-state index in [4.69, 9.17) is 17.3 Å². The number of thioether (sulfide) groups is 1. The van der Waals surface area contributed by atoms with E-state index in [0.717, 1.165) is 18.4 Å². The van der Waals surface area contributed by atoms with Gasteiger partial charge in [0.2, 0.25) is 0 Å². The van der Waals surface area contributed by atoms with Crippen LogP contribution in [0.15, 0.2) is 21.9 Å². The molecule has 2 rings (SSSR count). The van der Waals surface area contributed by atoms with Gasteiger partial charge in [-0.3, -0.25) is 0 Å². The summed E-state index contributed by atoms with van der Waals surface area (Å²) in [5, 5.41) is 0.490. The SMILES string of the molecule is CSc1c(Cl)cc(CC2(N)CC2)cc1S(C)(=O)=O. The molecule has 0 aliphatic heterocycles. The van der Waals surface area contributed by atoms with E-state index in [0.29, 0.717) is 21.2 Å². The van der Waals surface area contributed by atoms with Gasteiger partial charge in [0.05, 0.1) is 9.92 Å². The third-order valence-corrected chi connectivity index (χ3v) is 5.63. The molecular weight excluding hydrogens is 290 g/mol. The minimum Gasteiger partial charge on any atom is -0.325 e. The fourth-order valence-corrected chi connectivity index (χ4v) is 4.50. The summed E-state index contributed by atoms with van der Waals surface area (Å²) in [4.78, 5) is 0.923. The maximum absolute atomic E-state index is 11.8. The van der Waals surface area contributed by atoms with Crippen molar-refractivity contribution in [3.05, 3.63) is 22.7 Å². The van der Waals surface area contributed by atoms with Crippen LogP contribution < -0.4 is 5.73 Å². The maximum Gasteiger partial charge on any atom is 0.176 e. The Morgan fingerprint density at radius 1 is 1.44 bits per heavy atom. The zero-order valence-electron chi connectivity index (χ0n) is 10.4. The Balaban J connectivity index is 2.49. The number of benzene rings is 1. The molecule has 6 heteroatoms. The molecule has 1 aliphatic rings. The Hall–Kier alpha value is -0.230. The summed E-state index contributed by atoms with van der Waals surface area (Å²) in [6, 6.07) is 3.54. The second-order valence-corrected chi connectivity index (χ2v) is 8.13. The first-order chi connectivity index (χ1) is 8.25. The van der Waals surface area contributed by atoms with Crippen molar-refractivity contribution in [2.45, 2.75) is 34.6 Å². The molecule has 1 saturated carbocycles. The van der Waals surface area contributed by atoms with Crippen molar-refractivity contribution >= 4 is 33.2 Å². The van der Waals surface area contributed by atoms with Crippen LogP contribution in [0.4, 0.5) is 0 Å². The summed E-state index contributed by atoms with van der Waals surface area (Å²) in [7, 11) is -3.27. The van der Waals surface area contributed by atoms with Gasteiger partial charge in [0, 0.05) is 16.7 Å². The van der Waals surface area contributed by atoms with Crippen LogP contribution >= 0.6 is 23.4 Å². The van der Waals surface area contributed by atoms with Crippen LogP contribution in [0.5, 0.6) is 0 Å². The zero-order valence-corrected chi connectivity index (χ0v) is 12.8. The van der Waals surface area contributed by atoms with Crippen LogP contribution in [0.3, 0.4) is 0 Å². The lowest BCUT2D eigenvalue weighted by Crippen LogP contribution is -2.24. The third kappa shape index (κ3) is 3.02. The van der Waals surface area contributed by atoms with E-state index in [-0.39, 0.29) is 5.54 Å². The Labute approximate surface area is 117 Å². The molecule has 2 N–H and O–H groups in total. The van der Waals surface area contributed by atoms with Gasteiger partial charge in [0.25, 0.3) is 0 Å². The second-order valence-electron chi connectivity index (χ2n) is 4.92. The summed E-state index contributed by atoms with van der Waals surface area (Å²) >= 11 is 7.51. The Bertz CT molecular complexity index is 580. The van der Waals surface area contributed by atoms with Gasteiger partial charge in [-0.25, -0.2) is 8.42 Å². The second kappa shape index (κ2) is 4.71. The minimum atomic E-state index is -3.27. The smallest absolute Gasteiger partial charge is 0.176 e. The number of halogens is 1. The minimum absolute atomic E-state index is 0.154. The van der Waals surface area contributed by atoms with E-state index in [9.17, 15) is 8.42 Å². The first kappa shape index (κ1) is 14.2. The molecule has 3 nitrogen and oxygen atoms in total. The molecule has 0 unspecified atom stereocenters. The van der Waals surface area contributed by atoms with Crippen LogP contribution in [0.2, 0.25) is 5.02 Å². The maximum atomic E-state index is 11.8. The molecule has 0 amide bonds. The van der Waals surface area contributed by atoms with Crippen molar-refractivity contribution in [3.63, 3.8) is 0 Å². The molecule has 100 valence electrons. The fourth-order valence-electron chi connectivity index (χ4n) is 1.94. The standard InChI is InChI=1S/C12H16ClNO2S2/c1-17-11-9(13)5-8(7-12(14)3-4-12)6-10(11)18(2,15)16/h5-6H,3-4,7,14H2,1-2H3. The van der Waals surface area contributed by atoms with Crippen LogP contribution in [0.25, 0.3) is 0 Å². The molecule has 18 heavy (non-hydrogen) atoms. The Morgan fingerprint density at radius 3 is 2.50 bits per heavy atom. The van der Waals surface area contributed by atoms with Crippen molar-refractivity contribution in [1.29, 1.82) is 0 Å². The predicted octanol–water partition coefficient (Wildman–Crippen LogP) is 2.50. The highest BCUT2D eigenvalue weighted by atomic mass is 35.5. The van der Waals surface area contributed by atoms with E-state index < -0.39 is 9.84 Å². The number of nitrogens with two attached hydrogens (primary N) is 1. The summed E-state index contributed by atoms with van der Waals surface area (Å²) in [6.45, 7) is 0. The molecule has 1 aliphatic carbocycles. The van der Waals surface area contributed by atoms with E-state index in [1.54, 1.807) is 6.07 Å². The first-order valence-electron chi connectivity index (χ1n) is 5.60. The van der Waals surface area contributed by atoms with Gasteiger partial charge in [-0.05, 0) is 43.2 Å². The molecule has 0 spiro atoms. The van der Waals surface area contributed by atoms with E-state index in [1.165, 1.54) is 18.0 Å². The molecule has 0 aromatic heterocycles. The Kier molecular flexibility index (Phi) is 3.71. The lowest BCUT2D eigenvalue weighted by Gasteiger charge is -2.13. The summed E-state index contributed by atoms with van der Waals surface area (Å²) in [5.74, 6) is 0. The molecule has 0 radical (unpaired) electrons. The average molecular weight is 306 g/mol. The van der Waals surface area contributed by atoms with Crippen LogP contribution in [-0.2, 0) is 16.3 Å². The quantitative estimate of drug-likeness (QED) is 0.868. The van der Waals surface area contributed by atoms with Crippen LogP contribution in [0, 0.1) is 0 Å². The summed E-state index contributed by atoms with van der Waals surface area (Å²) < 4.78 is 23.6. The van der Waals surface area contributed by atoms with Gasteiger partial charge in [-0.15, -0.1) is 11.8 Å². The monoisotopic (exact) mass is 305 g/mol. The highest BCUT2D eigenvalue weighted by molar-refractivity contribution is 7.99. The van der Waals surface area contributed by atoms with Gasteiger partial charge in [-0.2, -0.15) is 0 Å². The van der Waals surface area contributed by atoms with Gasteiger partial charge >= 0.3 is 0 Å². The number of sulfone groups is 1. The molecule has 1 fully saturated rings. The van der Waals surface area contributed by atoms with Crippen LogP contribution in [0.1, 0.15) is 18.4 Å². The van der Waals surface area contributed by atoms with Gasteiger partial charge < -0.3 is 5.73 Å². The summed E-state index contributed by atoms with van der Waals surface area (Å²) in [5.41, 5.74) is 6.81. The van der Waals surface area contributed by atoms with Gasteiger partial charge in [0.15, 0.2) is 9.84 Å². The summed E-state index contributed by atoms with van der Waals surface area (Å²) in [6.07, 6.45) is 5.69. The van der Waals surface area contributed by atoms with Crippen molar-refractivity contribution in [3.8, 4) is 0 Å². The number of hydrogen-bond donors (Lipinski definition) is 1. The fraction of sp³-hybridized carbons (Fsp3) is 0.500. The Morgan fingerprint density at radius 2 is 2.06 bits per heavy atom. The highest BCUT2D eigenvalue weighted by Crippen LogP contribution is 2.39. The van der Waals surface area contributed by atoms with Gasteiger partial charge in [0.1, 0.15) is 0 Å². The zero-order chi connectivity index (χ0) is 13.6. The highest BCUT2D eigenvalue weighted by Gasteiger charge is 2.38. The number of rotatable bonds is 4. The van der Waals surface area contributed by atoms with E-state index in [2.05, 4.69) is 0 Å². The topological polar surface area (TPSA) is 60.2 Å². The normalized spacial score (nSPS) is 17.8. The van der Waals surface area contributed by atoms with E-state index in [1.807, 2.05) is 12.3 Å². The van der Waals surface area contributed by atoms with Crippen molar-refractivity contribution in [2.75, 3.05) is 12.5 Å². The molecule has 0 atom stereocenters. The predicted molar refractivity (Wildman–Crippen MR) is 76.2 cm³/mol. The molecule has 0 bridgehead atoms. The van der Waals surface area contributed by atoms with Crippen molar-refractivity contribution in [1.82, 2.24) is 0 Å². The lowest BCUT2D eigenvalue weighted by molar-refractivity contribution is 0.599. The van der Waals surface area contributed by atoms with Crippen molar-refractivity contribution < 1.29 is 8.42 Å². The molecule has 1 aromatic rings. The lowest BCUT2D eigenvalue weighted by atomic mass is 10.1. The third-order valence-electron chi connectivity index (χ3n) is 3.12. The molecular formula is C12H16ClNO2S2. The number of hydrogen-bond acceptors (Lipinski definition) is 4. The molecule has 0 saturated heterocycles. The molecule has 1 aromatic carbocycles. The van der Waals surface area contributed by atoms with Crippen LogP contribution in [-0.4, -0.2) is 26.5 Å². The average Bonchev–Trinajstić information content (AvgIpc) is 2.94. The van der Waals surface area contributed by atoms with E-state index >= 15 is 0 Å². The first-order valence-corrected chi connectivity index (χ1v) is 9.10. The molecule has 0 heterocycles. The largest absolute Gasteiger partial charge is 0.325 e. The van der Waals surface area contributed by atoms with Crippen molar-refractivity contribution in [2.24, 2.45) is 5.73 Å². The van der Waals surface area contributed by atoms with Gasteiger partial charge in [-0.1, -0.05) is 11.6 Å².